The fourth-order valence-electron chi connectivity index (χ4n) is 6.08. The molecule has 2 aromatic carbocycles. The number of hydrogen-bond acceptors (Lipinski definition) is 6. The Balaban J connectivity index is 1.68. The van der Waals surface area contributed by atoms with E-state index in [1.54, 1.807) is 0 Å². The number of ether oxygens (including phenoxy) is 1. The number of carbonyl (C=O) groups excluding carboxylic acids is 1. The van der Waals surface area contributed by atoms with Gasteiger partial charge in [0.2, 0.25) is 5.78 Å². The molecule has 0 radical (unpaired) electrons. The Morgan fingerprint density at radius 2 is 1.51 bits per heavy atom. The zero-order chi connectivity index (χ0) is 30.8. The van der Waals surface area contributed by atoms with Gasteiger partial charge in [0.1, 0.15) is 10.7 Å². The minimum absolute atomic E-state index is 0.0271. The van der Waals surface area contributed by atoms with Crippen molar-refractivity contribution >= 4 is 41.8 Å². The van der Waals surface area contributed by atoms with Crippen LogP contribution in [-0.2, 0) is 15.8 Å². The molecule has 2 atom stereocenters. The molecule has 9 heteroatoms. The lowest BCUT2D eigenvalue weighted by molar-refractivity contribution is -0.00535. The highest BCUT2D eigenvalue weighted by Gasteiger charge is 2.50. The topological polar surface area (TPSA) is 64.5 Å². The van der Waals surface area contributed by atoms with Gasteiger partial charge in [-0.3, -0.25) is 9.78 Å². The Hall–Kier alpha value is -3.43. The molecule has 0 aliphatic carbocycles. The van der Waals surface area contributed by atoms with Gasteiger partial charge >= 0.3 is 0 Å². The molecule has 0 unspecified atom stereocenters. The summed E-state index contributed by atoms with van der Waals surface area (Å²) in [7, 11) is -2.98. The molecule has 5 rings (SSSR count). The second kappa shape index (κ2) is 12.7. The van der Waals surface area contributed by atoms with Crippen LogP contribution in [0.1, 0.15) is 56.4 Å². The molecule has 0 spiro atoms. The van der Waals surface area contributed by atoms with Gasteiger partial charge in [0.25, 0.3) is 8.32 Å². The Morgan fingerprint density at radius 1 is 0.977 bits per heavy atom. The minimum atomic E-state index is -2.98. The molecule has 1 fully saturated rings. The number of nitrogens with zero attached hydrogens (tertiary/aromatic N) is 3. The number of carbonyl (C=O) groups is 1. The molecule has 6 nitrogen and oxygen atoms in total. The number of aromatic nitrogens is 2. The Labute approximate surface area is 259 Å². The van der Waals surface area contributed by atoms with E-state index in [9.17, 15) is 4.79 Å². The fraction of sp³-hybridized carbons (Fsp3) is 0.324. The molecule has 1 aliphatic rings. The van der Waals surface area contributed by atoms with Gasteiger partial charge < -0.3 is 14.1 Å². The molecule has 43 heavy (non-hydrogen) atoms. The number of benzene rings is 2. The smallest absolute Gasteiger partial charge is 0.261 e. The average molecular weight is 618 g/mol. The lowest BCUT2D eigenvalue weighted by Crippen LogP contribution is -2.66. The van der Waals surface area contributed by atoms with E-state index >= 15 is 4.39 Å². The molecule has 0 bridgehead atoms. The van der Waals surface area contributed by atoms with Crippen molar-refractivity contribution in [1.82, 2.24) is 9.97 Å². The van der Waals surface area contributed by atoms with Crippen LogP contribution >= 0.6 is 11.6 Å². The summed E-state index contributed by atoms with van der Waals surface area (Å²) in [5, 5.41) is 1.77. The highest BCUT2D eigenvalue weighted by atomic mass is 35.5. The van der Waals surface area contributed by atoms with Crippen LogP contribution in [0.2, 0.25) is 10.1 Å². The van der Waals surface area contributed by atoms with Crippen molar-refractivity contribution in [2.45, 2.75) is 58.5 Å². The maximum atomic E-state index is 16.0. The number of halogens is 2. The summed E-state index contributed by atoms with van der Waals surface area (Å²) in [6.45, 7) is 11.5. The summed E-state index contributed by atoms with van der Waals surface area (Å²) in [6.07, 6.45) is 2.77. The van der Waals surface area contributed by atoms with Gasteiger partial charge in [0, 0.05) is 31.0 Å². The molecule has 1 saturated heterocycles. The van der Waals surface area contributed by atoms with Crippen LogP contribution in [0.25, 0.3) is 0 Å². The second-order valence-corrected chi connectivity index (χ2v) is 16.7. The highest BCUT2D eigenvalue weighted by Crippen LogP contribution is 2.40. The van der Waals surface area contributed by atoms with Crippen molar-refractivity contribution in [2.24, 2.45) is 0 Å². The first-order valence-corrected chi connectivity index (χ1v) is 16.8. The van der Waals surface area contributed by atoms with E-state index in [2.05, 4.69) is 50.0 Å². The number of ketones is 1. The first-order valence-electron chi connectivity index (χ1n) is 14.5. The summed E-state index contributed by atoms with van der Waals surface area (Å²) in [5.74, 6) is -1.41. The molecular weight excluding hydrogens is 581 g/mol. The SMILES string of the molecule is C[C@@H]1CN(c2c(CO[Si](c3ccccc3)(c3ccccc3)C(C)(C)C)nc(C(=O)c3ccncc3)c(F)c2Cl)C[C@H](C)O1. The van der Waals surface area contributed by atoms with Crippen molar-refractivity contribution in [3.05, 3.63) is 113 Å². The summed E-state index contributed by atoms with van der Waals surface area (Å²) in [6, 6.07) is 23.6. The molecular formula is C34H37ClFN3O3Si. The van der Waals surface area contributed by atoms with Gasteiger partial charge in [-0.05, 0) is 41.4 Å². The third-order valence-electron chi connectivity index (χ3n) is 7.86. The van der Waals surface area contributed by atoms with Gasteiger partial charge in [-0.1, -0.05) is 93.0 Å². The standard InChI is InChI=1S/C34H37ClFN3O3Si/c1-23-20-39(21-24(2)42-23)32-28(38-31(30(36)29(32)35)33(40)25-16-18-37-19-17-25)22-41-43(34(3,4)5,26-12-8-6-9-13-26)27-14-10-7-11-15-27/h6-19,23-24H,20-22H2,1-5H3/t23-,24+. The normalized spacial score (nSPS) is 17.6. The Kier molecular flexibility index (Phi) is 9.13. The monoisotopic (exact) mass is 617 g/mol. The van der Waals surface area contributed by atoms with E-state index in [0.717, 1.165) is 10.4 Å². The van der Waals surface area contributed by atoms with Crippen molar-refractivity contribution in [2.75, 3.05) is 18.0 Å². The zero-order valence-electron chi connectivity index (χ0n) is 25.2. The average Bonchev–Trinajstić information content (AvgIpc) is 2.99. The molecule has 1 aliphatic heterocycles. The van der Waals surface area contributed by atoms with Crippen LogP contribution in [-0.4, -0.2) is 49.4 Å². The summed E-state index contributed by atoms with van der Waals surface area (Å²) < 4.78 is 29.1. The number of anilines is 1. The molecule has 4 aromatic rings. The quantitative estimate of drug-likeness (QED) is 0.174. The summed E-state index contributed by atoms with van der Waals surface area (Å²) >= 11 is 6.83. The van der Waals surface area contributed by atoms with Gasteiger partial charge in [-0.25, -0.2) is 9.37 Å². The molecule has 0 amide bonds. The number of rotatable bonds is 8. The first-order chi connectivity index (χ1) is 20.5. The molecule has 0 saturated carbocycles. The van der Waals surface area contributed by atoms with Crippen LogP contribution in [0.15, 0.2) is 85.2 Å². The van der Waals surface area contributed by atoms with E-state index in [1.165, 1.54) is 24.5 Å². The lowest BCUT2D eigenvalue weighted by Gasteiger charge is -2.43. The fourth-order valence-corrected chi connectivity index (χ4v) is 10.9. The summed E-state index contributed by atoms with van der Waals surface area (Å²) in [4.78, 5) is 24.2. The number of morpholine rings is 1. The van der Waals surface area contributed by atoms with E-state index in [4.69, 9.17) is 25.7 Å². The molecule has 3 heterocycles. The predicted octanol–water partition coefficient (Wildman–Crippen LogP) is 6.19. The minimum Gasteiger partial charge on any atom is -0.401 e. The first kappa shape index (κ1) is 31.0. The van der Waals surface area contributed by atoms with Gasteiger partial charge in [0.05, 0.1) is 30.2 Å². The Bertz CT molecular complexity index is 1520. The number of pyridine rings is 2. The van der Waals surface area contributed by atoms with E-state index in [1.807, 2.05) is 55.1 Å². The van der Waals surface area contributed by atoms with Crippen molar-refractivity contribution in [3.8, 4) is 0 Å². The van der Waals surface area contributed by atoms with E-state index < -0.39 is 19.9 Å². The zero-order valence-corrected chi connectivity index (χ0v) is 26.9. The lowest BCUT2D eigenvalue weighted by atomic mass is 10.1. The van der Waals surface area contributed by atoms with Crippen LogP contribution < -0.4 is 15.3 Å². The third-order valence-corrected chi connectivity index (χ3v) is 13.2. The predicted molar refractivity (Wildman–Crippen MR) is 172 cm³/mol. The number of hydrogen-bond donors (Lipinski definition) is 0. The van der Waals surface area contributed by atoms with E-state index in [0.29, 0.717) is 24.5 Å². The Morgan fingerprint density at radius 3 is 2.02 bits per heavy atom. The van der Waals surface area contributed by atoms with Crippen molar-refractivity contribution in [1.29, 1.82) is 0 Å². The molecule has 0 N–H and O–H groups in total. The summed E-state index contributed by atoms with van der Waals surface area (Å²) in [5.41, 5.74) is 0.788. The largest absolute Gasteiger partial charge is 0.401 e. The van der Waals surface area contributed by atoms with Crippen molar-refractivity contribution < 1.29 is 18.3 Å². The highest BCUT2D eigenvalue weighted by molar-refractivity contribution is 6.99. The van der Waals surface area contributed by atoms with Crippen LogP contribution in [0, 0.1) is 5.82 Å². The molecule has 2 aromatic heterocycles. The van der Waals surface area contributed by atoms with E-state index in [-0.39, 0.29) is 40.1 Å². The van der Waals surface area contributed by atoms with Crippen LogP contribution in [0.4, 0.5) is 10.1 Å². The molecule has 224 valence electrons. The van der Waals surface area contributed by atoms with Gasteiger partial charge in [0.15, 0.2) is 5.82 Å². The van der Waals surface area contributed by atoms with Crippen LogP contribution in [0.3, 0.4) is 0 Å². The van der Waals surface area contributed by atoms with Crippen molar-refractivity contribution in [3.63, 3.8) is 0 Å². The van der Waals surface area contributed by atoms with Crippen LogP contribution in [0.5, 0.6) is 0 Å². The maximum absolute atomic E-state index is 16.0. The van der Waals surface area contributed by atoms with Gasteiger partial charge in [-0.2, -0.15) is 0 Å². The third kappa shape index (κ3) is 6.15. The van der Waals surface area contributed by atoms with Gasteiger partial charge in [-0.15, -0.1) is 0 Å². The second-order valence-electron chi connectivity index (χ2n) is 12.1. The maximum Gasteiger partial charge on any atom is 0.261 e.